The van der Waals surface area contributed by atoms with Gasteiger partial charge in [-0.1, -0.05) is 31.2 Å². The highest BCUT2D eigenvalue weighted by Gasteiger charge is 2.31. The molecule has 3 aromatic rings. The molecule has 2 aromatic carbocycles. The summed E-state index contributed by atoms with van der Waals surface area (Å²) in [6, 6.07) is 11.9. The number of fused-ring (bicyclic) bond motifs is 3. The van der Waals surface area contributed by atoms with Crippen molar-refractivity contribution in [2.45, 2.75) is 26.3 Å². The van der Waals surface area contributed by atoms with Gasteiger partial charge in [0.1, 0.15) is 5.82 Å². The molecular formula is C22H20FNO3. The fraction of sp³-hybridized carbons (Fsp3) is 0.273. The molecule has 0 bridgehead atoms. The standard InChI is InChI=1S/C22H20FNO3/c1-13-10-18-21(19(25)11-13)20-15(22(26)27-2)7-5-9-17(20)24(18)12-14-6-3-4-8-16(14)23/h3-9,13H,10-12H2,1-2H3. The van der Waals surface area contributed by atoms with E-state index in [4.69, 9.17) is 4.74 Å². The molecule has 4 rings (SSSR count). The van der Waals surface area contributed by atoms with Gasteiger partial charge in [0.2, 0.25) is 0 Å². The van der Waals surface area contributed by atoms with E-state index in [1.54, 1.807) is 30.3 Å². The van der Waals surface area contributed by atoms with Crippen molar-refractivity contribution in [2.75, 3.05) is 7.11 Å². The first kappa shape index (κ1) is 17.5. The molecule has 0 radical (unpaired) electrons. The zero-order chi connectivity index (χ0) is 19.1. The summed E-state index contributed by atoms with van der Waals surface area (Å²) in [5, 5.41) is 0.618. The van der Waals surface area contributed by atoms with Gasteiger partial charge in [0.15, 0.2) is 5.78 Å². The number of ether oxygens (including phenoxy) is 1. The van der Waals surface area contributed by atoms with Crippen LogP contribution < -0.4 is 0 Å². The van der Waals surface area contributed by atoms with Crippen LogP contribution >= 0.6 is 0 Å². The lowest BCUT2D eigenvalue weighted by Crippen LogP contribution is -2.20. The Morgan fingerprint density at radius 3 is 2.70 bits per heavy atom. The van der Waals surface area contributed by atoms with Crippen LogP contribution in [0.5, 0.6) is 0 Å². The number of ketones is 1. The van der Waals surface area contributed by atoms with E-state index >= 15 is 0 Å². The predicted molar refractivity (Wildman–Crippen MR) is 101 cm³/mol. The molecule has 1 heterocycles. The maximum Gasteiger partial charge on any atom is 0.338 e. The van der Waals surface area contributed by atoms with Crippen LogP contribution in [0.4, 0.5) is 4.39 Å². The second kappa shape index (κ2) is 6.65. The first-order valence-electron chi connectivity index (χ1n) is 9.00. The lowest BCUT2D eigenvalue weighted by molar-refractivity contribution is 0.0603. The number of aromatic nitrogens is 1. The van der Waals surface area contributed by atoms with Crippen molar-refractivity contribution in [1.82, 2.24) is 4.57 Å². The van der Waals surface area contributed by atoms with Gasteiger partial charge in [-0.3, -0.25) is 4.79 Å². The van der Waals surface area contributed by atoms with Crippen molar-refractivity contribution >= 4 is 22.7 Å². The smallest absolute Gasteiger partial charge is 0.338 e. The number of esters is 1. The number of carbonyl (C=O) groups is 2. The number of nitrogens with zero attached hydrogens (tertiary/aromatic N) is 1. The molecule has 0 spiro atoms. The highest BCUT2D eigenvalue weighted by molar-refractivity contribution is 6.16. The molecule has 0 saturated carbocycles. The fourth-order valence-electron chi connectivity index (χ4n) is 4.04. The summed E-state index contributed by atoms with van der Waals surface area (Å²) >= 11 is 0. The van der Waals surface area contributed by atoms with Crippen LogP contribution in [0.25, 0.3) is 10.9 Å². The number of hydrogen-bond donors (Lipinski definition) is 0. The van der Waals surface area contributed by atoms with Crippen molar-refractivity contribution in [1.29, 1.82) is 0 Å². The number of benzene rings is 2. The van der Waals surface area contributed by atoms with Crippen LogP contribution in [0.15, 0.2) is 42.5 Å². The average Bonchev–Trinajstić information content (AvgIpc) is 2.96. The van der Waals surface area contributed by atoms with Gasteiger partial charge >= 0.3 is 5.97 Å². The monoisotopic (exact) mass is 365 g/mol. The lowest BCUT2D eigenvalue weighted by Gasteiger charge is -2.20. The van der Waals surface area contributed by atoms with Gasteiger partial charge in [0, 0.05) is 28.6 Å². The summed E-state index contributed by atoms with van der Waals surface area (Å²) in [6.07, 6.45) is 1.16. The molecule has 1 unspecified atom stereocenters. The molecule has 1 aliphatic rings. The number of methoxy groups -OCH3 is 1. The van der Waals surface area contributed by atoms with Gasteiger partial charge in [-0.05, 0) is 30.5 Å². The maximum absolute atomic E-state index is 14.3. The van der Waals surface area contributed by atoms with Crippen LogP contribution in [0.2, 0.25) is 0 Å². The average molecular weight is 365 g/mol. The first-order valence-corrected chi connectivity index (χ1v) is 9.00. The van der Waals surface area contributed by atoms with Gasteiger partial charge in [0.05, 0.1) is 24.7 Å². The number of rotatable bonds is 3. The summed E-state index contributed by atoms with van der Waals surface area (Å²) in [5.74, 6) is -0.530. The Balaban J connectivity index is 2.01. The Hall–Kier alpha value is -2.95. The Kier molecular flexibility index (Phi) is 4.30. The SMILES string of the molecule is COC(=O)c1cccc2c1c1c(n2Cc2ccccc2F)CC(C)CC1=O. The van der Waals surface area contributed by atoms with Crippen LogP contribution in [0.3, 0.4) is 0 Å². The van der Waals surface area contributed by atoms with Crippen LogP contribution in [-0.4, -0.2) is 23.4 Å². The number of carbonyl (C=O) groups excluding carboxylic acids is 2. The Morgan fingerprint density at radius 1 is 1.19 bits per heavy atom. The summed E-state index contributed by atoms with van der Waals surface area (Å²) in [4.78, 5) is 25.2. The van der Waals surface area contributed by atoms with Crippen molar-refractivity contribution < 1.29 is 18.7 Å². The number of halogens is 1. The zero-order valence-corrected chi connectivity index (χ0v) is 15.3. The number of Topliss-reactive ketones (excluding diaryl/α,β-unsaturated/α-hetero) is 1. The molecule has 0 N–H and O–H groups in total. The minimum Gasteiger partial charge on any atom is -0.465 e. The topological polar surface area (TPSA) is 48.3 Å². The van der Waals surface area contributed by atoms with Gasteiger partial charge in [-0.25, -0.2) is 9.18 Å². The Labute approximate surface area is 156 Å². The third-order valence-electron chi connectivity index (χ3n) is 5.24. The quantitative estimate of drug-likeness (QED) is 0.647. The third-order valence-corrected chi connectivity index (χ3v) is 5.24. The normalized spacial score (nSPS) is 16.4. The van der Waals surface area contributed by atoms with Crippen molar-refractivity contribution in [3.63, 3.8) is 0 Å². The summed E-state index contributed by atoms with van der Waals surface area (Å²) in [6.45, 7) is 2.34. The highest BCUT2D eigenvalue weighted by Crippen LogP contribution is 2.37. The first-order chi connectivity index (χ1) is 13.0. The summed E-state index contributed by atoms with van der Waals surface area (Å²) in [5.41, 5.74) is 3.13. The molecule has 1 aliphatic carbocycles. The summed E-state index contributed by atoms with van der Waals surface area (Å²) < 4.78 is 21.2. The second-order valence-corrected chi connectivity index (χ2v) is 7.13. The van der Waals surface area contributed by atoms with Crippen molar-refractivity contribution in [2.24, 2.45) is 5.92 Å². The molecule has 1 atom stereocenters. The fourth-order valence-corrected chi connectivity index (χ4v) is 4.04. The van der Waals surface area contributed by atoms with Crippen molar-refractivity contribution in [3.05, 3.63) is 70.7 Å². The molecule has 5 heteroatoms. The van der Waals surface area contributed by atoms with E-state index in [0.29, 0.717) is 41.5 Å². The molecule has 27 heavy (non-hydrogen) atoms. The molecule has 0 amide bonds. The van der Waals surface area contributed by atoms with E-state index in [9.17, 15) is 14.0 Å². The number of hydrogen-bond acceptors (Lipinski definition) is 3. The maximum atomic E-state index is 14.3. The van der Waals surface area contributed by atoms with Crippen LogP contribution in [0.1, 0.15) is 45.3 Å². The minimum atomic E-state index is -0.474. The molecule has 138 valence electrons. The highest BCUT2D eigenvalue weighted by atomic mass is 19.1. The van der Waals surface area contributed by atoms with Gasteiger partial charge in [0.25, 0.3) is 0 Å². The van der Waals surface area contributed by atoms with Crippen molar-refractivity contribution in [3.8, 4) is 0 Å². The molecule has 0 fully saturated rings. The van der Waals surface area contributed by atoms with E-state index in [1.807, 2.05) is 17.6 Å². The van der Waals surface area contributed by atoms with Gasteiger partial charge in [-0.2, -0.15) is 0 Å². The lowest BCUT2D eigenvalue weighted by atomic mass is 9.86. The largest absolute Gasteiger partial charge is 0.465 e. The molecule has 1 aromatic heterocycles. The van der Waals surface area contributed by atoms with Crippen LogP contribution in [0, 0.1) is 11.7 Å². The molecule has 0 saturated heterocycles. The zero-order valence-electron chi connectivity index (χ0n) is 15.3. The minimum absolute atomic E-state index is 0.0254. The van der Waals surface area contributed by atoms with E-state index in [0.717, 1.165) is 11.2 Å². The van der Waals surface area contributed by atoms with E-state index in [2.05, 4.69) is 0 Å². The predicted octanol–water partition coefficient (Wildman–Crippen LogP) is 4.38. The second-order valence-electron chi connectivity index (χ2n) is 7.13. The molecule has 4 nitrogen and oxygen atoms in total. The van der Waals surface area contributed by atoms with E-state index < -0.39 is 5.97 Å². The molecular weight excluding hydrogens is 345 g/mol. The van der Waals surface area contributed by atoms with Gasteiger partial charge < -0.3 is 9.30 Å². The van der Waals surface area contributed by atoms with E-state index in [1.165, 1.54) is 13.2 Å². The van der Waals surface area contributed by atoms with E-state index in [-0.39, 0.29) is 17.5 Å². The third kappa shape index (κ3) is 2.83. The molecule has 0 aliphatic heterocycles. The van der Waals surface area contributed by atoms with Crippen LogP contribution in [-0.2, 0) is 17.7 Å². The Bertz CT molecular complexity index is 1070. The Morgan fingerprint density at radius 2 is 1.96 bits per heavy atom. The van der Waals surface area contributed by atoms with Gasteiger partial charge in [-0.15, -0.1) is 0 Å². The summed E-state index contributed by atoms with van der Waals surface area (Å²) in [7, 11) is 1.33.